The van der Waals surface area contributed by atoms with Gasteiger partial charge in [0.2, 0.25) is 0 Å². The highest BCUT2D eigenvalue weighted by atomic mass is 16.6. The number of carbonyl (C=O) groups excluding carboxylic acids is 1. The van der Waals surface area contributed by atoms with Gasteiger partial charge in [0.05, 0.1) is 13.2 Å². The number of benzene rings is 1. The molecule has 4 heteroatoms. The van der Waals surface area contributed by atoms with E-state index in [4.69, 9.17) is 9.47 Å². The van der Waals surface area contributed by atoms with Crippen molar-refractivity contribution in [3.05, 3.63) is 29.3 Å². The van der Waals surface area contributed by atoms with Gasteiger partial charge in [0, 0.05) is 0 Å². The van der Waals surface area contributed by atoms with Crippen molar-refractivity contribution in [3.63, 3.8) is 0 Å². The SMILES string of the molecule is COc1ccc([C@H]2COC(=O)N2)c(C)c1. The number of alkyl carbamates (subject to hydrolysis) is 1. The Bertz CT molecular complexity index is 389. The number of ether oxygens (including phenoxy) is 2. The maximum Gasteiger partial charge on any atom is 0.407 e. The first kappa shape index (κ1) is 9.83. The van der Waals surface area contributed by atoms with Gasteiger partial charge in [0.25, 0.3) is 0 Å². The Labute approximate surface area is 88.2 Å². The van der Waals surface area contributed by atoms with Gasteiger partial charge in [-0.05, 0) is 30.2 Å². The fourth-order valence-electron chi connectivity index (χ4n) is 1.72. The molecule has 1 aliphatic rings. The second-order valence-corrected chi connectivity index (χ2v) is 3.52. The minimum absolute atomic E-state index is 0.0385. The van der Waals surface area contributed by atoms with Crippen LogP contribution in [-0.2, 0) is 4.74 Å². The second kappa shape index (κ2) is 3.81. The number of rotatable bonds is 2. The van der Waals surface area contributed by atoms with Crippen molar-refractivity contribution in [2.24, 2.45) is 0 Å². The average Bonchev–Trinajstić information content (AvgIpc) is 2.64. The first-order valence-corrected chi connectivity index (χ1v) is 4.78. The first-order chi connectivity index (χ1) is 7.20. The molecule has 0 spiro atoms. The van der Waals surface area contributed by atoms with Crippen LogP contribution in [0.4, 0.5) is 4.79 Å². The van der Waals surface area contributed by atoms with E-state index in [0.717, 1.165) is 16.9 Å². The molecular formula is C11H13NO3. The van der Waals surface area contributed by atoms with Crippen LogP contribution >= 0.6 is 0 Å². The van der Waals surface area contributed by atoms with Crippen molar-refractivity contribution < 1.29 is 14.3 Å². The molecule has 1 aromatic carbocycles. The van der Waals surface area contributed by atoms with Gasteiger partial charge in [-0.2, -0.15) is 0 Å². The van der Waals surface area contributed by atoms with Gasteiger partial charge in [-0.1, -0.05) is 6.07 Å². The molecule has 1 amide bonds. The molecule has 4 nitrogen and oxygen atoms in total. The smallest absolute Gasteiger partial charge is 0.407 e. The van der Waals surface area contributed by atoms with E-state index in [0.29, 0.717) is 6.61 Å². The number of carbonyl (C=O) groups is 1. The molecule has 1 aliphatic heterocycles. The molecule has 0 unspecified atom stereocenters. The summed E-state index contributed by atoms with van der Waals surface area (Å²) in [5, 5.41) is 2.75. The Morgan fingerprint density at radius 1 is 1.53 bits per heavy atom. The molecule has 1 heterocycles. The van der Waals surface area contributed by atoms with Gasteiger partial charge in [-0.3, -0.25) is 0 Å². The molecule has 80 valence electrons. The Balaban J connectivity index is 2.25. The van der Waals surface area contributed by atoms with Gasteiger partial charge in [0.15, 0.2) is 0 Å². The zero-order chi connectivity index (χ0) is 10.8. The number of cyclic esters (lactones) is 1. The lowest BCUT2D eigenvalue weighted by Crippen LogP contribution is -2.19. The van der Waals surface area contributed by atoms with Gasteiger partial charge < -0.3 is 14.8 Å². The lowest BCUT2D eigenvalue weighted by atomic mass is 10.0. The molecule has 1 atom stereocenters. The highest BCUT2D eigenvalue weighted by molar-refractivity contribution is 5.70. The van der Waals surface area contributed by atoms with Crippen LogP contribution in [0.2, 0.25) is 0 Å². The van der Waals surface area contributed by atoms with E-state index in [-0.39, 0.29) is 12.1 Å². The summed E-state index contributed by atoms with van der Waals surface area (Å²) in [6, 6.07) is 5.74. The number of hydrogen-bond acceptors (Lipinski definition) is 3. The van der Waals surface area contributed by atoms with Crippen molar-refractivity contribution in [2.45, 2.75) is 13.0 Å². The molecule has 1 saturated heterocycles. The Hall–Kier alpha value is -1.71. The van der Waals surface area contributed by atoms with Gasteiger partial charge >= 0.3 is 6.09 Å². The van der Waals surface area contributed by atoms with Crippen molar-refractivity contribution in [1.29, 1.82) is 0 Å². The molecule has 0 radical (unpaired) electrons. The van der Waals surface area contributed by atoms with E-state index < -0.39 is 0 Å². The van der Waals surface area contributed by atoms with Crippen LogP contribution in [0.25, 0.3) is 0 Å². The molecule has 15 heavy (non-hydrogen) atoms. The zero-order valence-corrected chi connectivity index (χ0v) is 8.74. The number of aryl methyl sites for hydroxylation is 1. The fourth-order valence-corrected chi connectivity index (χ4v) is 1.72. The Morgan fingerprint density at radius 3 is 2.87 bits per heavy atom. The van der Waals surface area contributed by atoms with E-state index in [1.165, 1.54) is 0 Å². The summed E-state index contributed by atoms with van der Waals surface area (Å²) in [4.78, 5) is 10.9. The van der Waals surface area contributed by atoms with Crippen LogP contribution in [0.3, 0.4) is 0 Å². The van der Waals surface area contributed by atoms with Gasteiger partial charge in [-0.25, -0.2) is 4.79 Å². The molecule has 0 saturated carbocycles. The van der Waals surface area contributed by atoms with E-state index in [9.17, 15) is 4.79 Å². The summed E-state index contributed by atoms with van der Waals surface area (Å²) in [5.74, 6) is 0.821. The minimum Gasteiger partial charge on any atom is -0.497 e. The van der Waals surface area contributed by atoms with E-state index >= 15 is 0 Å². The molecule has 2 rings (SSSR count). The summed E-state index contributed by atoms with van der Waals surface area (Å²) in [5.41, 5.74) is 2.16. The number of methoxy groups -OCH3 is 1. The summed E-state index contributed by atoms with van der Waals surface area (Å²) < 4.78 is 9.97. The van der Waals surface area contributed by atoms with Gasteiger partial charge in [0.1, 0.15) is 12.4 Å². The predicted octanol–water partition coefficient (Wildman–Crippen LogP) is 1.78. The number of amides is 1. The largest absolute Gasteiger partial charge is 0.497 e. The number of hydrogen-bond donors (Lipinski definition) is 1. The molecule has 1 aromatic rings. The second-order valence-electron chi connectivity index (χ2n) is 3.52. The van der Waals surface area contributed by atoms with Crippen LogP contribution in [0, 0.1) is 6.92 Å². The summed E-state index contributed by atoms with van der Waals surface area (Å²) in [7, 11) is 1.63. The third-order valence-corrected chi connectivity index (χ3v) is 2.53. The molecule has 0 aliphatic carbocycles. The van der Waals surface area contributed by atoms with E-state index in [1.54, 1.807) is 7.11 Å². The maximum absolute atomic E-state index is 10.9. The van der Waals surface area contributed by atoms with Crippen LogP contribution in [0.1, 0.15) is 17.2 Å². The highest BCUT2D eigenvalue weighted by Gasteiger charge is 2.24. The van der Waals surface area contributed by atoms with E-state index in [1.807, 2.05) is 25.1 Å². The van der Waals surface area contributed by atoms with Crippen LogP contribution in [0.15, 0.2) is 18.2 Å². The third-order valence-electron chi connectivity index (χ3n) is 2.53. The first-order valence-electron chi connectivity index (χ1n) is 4.78. The Kier molecular flexibility index (Phi) is 2.49. The van der Waals surface area contributed by atoms with E-state index in [2.05, 4.69) is 5.32 Å². The fraction of sp³-hybridized carbons (Fsp3) is 0.364. The molecule has 0 bridgehead atoms. The van der Waals surface area contributed by atoms with Crippen LogP contribution in [-0.4, -0.2) is 19.8 Å². The summed E-state index contributed by atoms with van der Waals surface area (Å²) in [6.45, 7) is 2.38. The molecule has 1 N–H and O–H groups in total. The summed E-state index contributed by atoms with van der Waals surface area (Å²) in [6.07, 6.45) is -0.352. The lowest BCUT2D eigenvalue weighted by molar-refractivity contribution is 0.177. The Morgan fingerprint density at radius 2 is 2.33 bits per heavy atom. The van der Waals surface area contributed by atoms with Crippen molar-refractivity contribution in [1.82, 2.24) is 5.32 Å². The monoisotopic (exact) mass is 207 g/mol. The molecule has 1 fully saturated rings. The van der Waals surface area contributed by atoms with Crippen LogP contribution < -0.4 is 10.1 Å². The number of nitrogens with one attached hydrogen (secondary N) is 1. The van der Waals surface area contributed by atoms with Crippen LogP contribution in [0.5, 0.6) is 5.75 Å². The summed E-state index contributed by atoms with van der Waals surface area (Å²) >= 11 is 0. The predicted molar refractivity (Wildman–Crippen MR) is 55.0 cm³/mol. The van der Waals surface area contributed by atoms with Crippen molar-refractivity contribution in [2.75, 3.05) is 13.7 Å². The molecule has 0 aromatic heterocycles. The topological polar surface area (TPSA) is 47.6 Å². The maximum atomic E-state index is 10.9. The van der Waals surface area contributed by atoms with Crippen molar-refractivity contribution in [3.8, 4) is 5.75 Å². The van der Waals surface area contributed by atoms with Gasteiger partial charge in [-0.15, -0.1) is 0 Å². The highest BCUT2D eigenvalue weighted by Crippen LogP contribution is 2.24. The van der Waals surface area contributed by atoms with Crippen molar-refractivity contribution >= 4 is 6.09 Å². The third kappa shape index (κ3) is 1.88. The quantitative estimate of drug-likeness (QED) is 0.804. The lowest BCUT2D eigenvalue weighted by Gasteiger charge is -2.12. The average molecular weight is 207 g/mol. The normalized spacial score (nSPS) is 19.6. The molecular weight excluding hydrogens is 194 g/mol. The minimum atomic E-state index is -0.352. The standard InChI is InChI=1S/C11H13NO3/c1-7-5-8(14-2)3-4-9(7)10-6-15-11(13)12-10/h3-5,10H,6H2,1-2H3,(H,12,13)/t10-/m1/s1. The zero-order valence-electron chi connectivity index (χ0n) is 8.74.